The fourth-order valence-electron chi connectivity index (χ4n) is 3.84. The van der Waals surface area contributed by atoms with Crippen molar-refractivity contribution in [2.75, 3.05) is 54.4 Å². The summed E-state index contributed by atoms with van der Waals surface area (Å²) in [7, 11) is 0. The molecule has 2 aromatic rings. The average Bonchev–Trinajstić information content (AvgIpc) is 2.71. The molecule has 0 saturated carbocycles. The third-order valence-electron chi connectivity index (χ3n) is 5.60. The molecular formula is C23H32N4O. The zero-order valence-electron chi connectivity index (χ0n) is 17.5. The predicted octanol–water partition coefficient (Wildman–Crippen LogP) is 4.50. The van der Waals surface area contributed by atoms with E-state index in [4.69, 9.17) is 0 Å². The molecule has 0 atom stereocenters. The lowest BCUT2D eigenvalue weighted by atomic mass is 10.1. The molecule has 150 valence electrons. The first kappa shape index (κ1) is 20.1. The molecule has 0 bridgehead atoms. The van der Waals surface area contributed by atoms with Crippen molar-refractivity contribution in [2.24, 2.45) is 0 Å². The van der Waals surface area contributed by atoms with Crippen LogP contribution in [0.5, 0.6) is 0 Å². The van der Waals surface area contributed by atoms with Gasteiger partial charge in [-0.3, -0.25) is 0 Å². The minimum Gasteiger partial charge on any atom is -0.372 e. The molecule has 3 rings (SSSR count). The standard InChI is InChI=1S/C23H32N4O/c1-5-25(6-2)20-11-12-22(19(4)17-20)26-13-15-27(16-14-26)23(28)24-21-10-8-7-9-18(21)3/h7-12,17H,5-6,13-16H2,1-4H3,(H,24,28). The van der Waals surface area contributed by atoms with Gasteiger partial charge in [0.1, 0.15) is 0 Å². The first-order chi connectivity index (χ1) is 13.5. The Balaban J connectivity index is 1.60. The molecule has 1 N–H and O–H groups in total. The van der Waals surface area contributed by atoms with Crippen LogP contribution in [-0.4, -0.2) is 50.2 Å². The minimum atomic E-state index is -0.0115. The molecule has 5 nitrogen and oxygen atoms in total. The van der Waals surface area contributed by atoms with Gasteiger partial charge in [0.25, 0.3) is 0 Å². The predicted molar refractivity (Wildman–Crippen MR) is 119 cm³/mol. The summed E-state index contributed by atoms with van der Waals surface area (Å²) in [5, 5.41) is 3.04. The zero-order chi connectivity index (χ0) is 20.1. The third kappa shape index (κ3) is 4.41. The van der Waals surface area contributed by atoms with Gasteiger partial charge < -0.3 is 20.0 Å². The Labute approximate surface area is 168 Å². The van der Waals surface area contributed by atoms with E-state index in [1.165, 1.54) is 16.9 Å². The van der Waals surface area contributed by atoms with E-state index in [1.807, 2.05) is 36.1 Å². The lowest BCUT2D eigenvalue weighted by Crippen LogP contribution is -2.50. The Morgan fingerprint density at radius 2 is 1.64 bits per heavy atom. The molecule has 0 unspecified atom stereocenters. The number of nitrogens with one attached hydrogen (secondary N) is 1. The van der Waals surface area contributed by atoms with Gasteiger partial charge in [0.05, 0.1) is 0 Å². The highest BCUT2D eigenvalue weighted by Crippen LogP contribution is 2.27. The summed E-state index contributed by atoms with van der Waals surface area (Å²) in [6, 6.07) is 14.6. The molecule has 1 heterocycles. The number of hydrogen-bond acceptors (Lipinski definition) is 3. The largest absolute Gasteiger partial charge is 0.372 e. The van der Waals surface area contributed by atoms with Crippen molar-refractivity contribution in [3.8, 4) is 0 Å². The van der Waals surface area contributed by atoms with Crippen LogP contribution < -0.4 is 15.1 Å². The van der Waals surface area contributed by atoms with Crippen LogP contribution in [0.1, 0.15) is 25.0 Å². The van der Waals surface area contributed by atoms with Gasteiger partial charge in [-0.15, -0.1) is 0 Å². The fourth-order valence-corrected chi connectivity index (χ4v) is 3.84. The highest BCUT2D eigenvalue weighted by Gasteiger charge is 2.22. The van der Waals surface area contributed by atoms with Crippen LogP contribution in [0, 0.1) is 13.8 Å². The summed E-state index contributed by atoms with van der Waals surface area (Å²) in [6.45, 7) is 13.8. The Morgan fingerprint density at radius 1 is 0.964 bits per heavy atom. The molecule has 1 aliphatic heterocycles. The summed E-state index contributed by atoms with van der Waals surface area (Å²) in [4.78, 5) is 19.3. The van der Waals surface area contributed by atoms with Crippen LogP contribution in [0.2, 0.25) is 0 Å². The Morgan fingerprint density at radius 3 is 2.25 bits per heavy atom. The Kier molecular flexibility index (Phi) is 6.45. The number of piperazine rings is 1. The van der Waals surface area contributed by atoms with E-state index >= 15 is 0 Å². The number of carbonyl (C=O) groups is 1. The molecule has 5 heteroatoms. The molecule has 2 aromatic carbocycles. The Bertz CT molecular complexity index is 808. The van der Waals surface area contributed by atoms with Crippen molar-refractivity contribution in [3.63, 3.8) is 0 Å². The van der Waals surface area contributed by atoms with Crippen molar-refractivity contribution in [1.29, 1.82) is 0 Å². The van der Waals surface area contributed by atoms with Gasteiger partial charge in [-0.25, -0.2) is 4.79 Å². The number of urea groups is 1. The number of aryl methyl sites for hydroxylation is 2. The van der Waals surface area contributed by atoms with Crippen molar-refractivity contribution in [1.82, 2.24) is 4.90 Å². The van der Waals surface area contributed by atoms with Gasteiger partial charge >= 0.3 is 6.03 Å². The smallest absolute Gasteiger partial charge is 0.321 e. The van der Waals surface area contributed by atoms with Gasteiger partial charge in [0.2, 0.25) is 0 Å². The van der Waals surface area contributed by atoms with E-state index in [0.717, 1.165) is 50.5 Å². The van der Waals surface area contributed by atoms with Gasteiger partial charge in [-0.1, -0.05) is 18.2 Å². The molecular weight excluding hydrogens is 348 g/mol. The number of carbonyl (C=O) groups excluding carboxylic acids is 1. The SMILES string of the molecule is CCN(CC)c1ccc(N2CCN(C(=O)Nc3ccccc3C)CC2)c(C)c1. The van der Waals surface area contributed by atoms with E-state index < -0.39 is 0 Å². The van der Waals surface area contributed by atoms with Crippen molar-refractivity contribution < 1.29 is 4.79 Å². The summed E-state index contributed by atoms with van der Waals surface area (Å²) >= 11 is 0. The minimum absolute atomic E-state index is 0.0115. The van der Waals surface area contributed by atoms with Crippen molar-refractivity contribution >= 4 is 23.1 Å². The van der Waals surface area contributed by atoms with Crippen LogP contribution in [-0.2, 0) is 0 Å². The van der Waals surface area contributed by atoms with E-state index in [0.29, 0.717) is 0 Å². The van der Waals surface area contributed by atoms with Gasteiger partial charge in [-0.05, 0) is 63.1 Å². The van der Waals surface area contributed by atoms with E-state index in [2.05, 4.69) is 54.1 Å². The summed E-state index contributed by atoms with van der Waals surface area (Å²) in [6.07, 6.45) is 0. The van der Waals surface area contributed by atoms with Gasteiger partial charge in [-0.2, -0.15) is 0 Å². The topological polar surface area (TPSA) is 38.8 Å². The first-order valence-electron chi connectivity index (χ1n) is 10.3. The van der Waals surface area contributed by atoms with Crippen LogP contribution in [0.15, 0.2) is 42.5 Å². The number of anilines is 3. The van der Waals surface area contributed by atoms with Crippen LogP contribution in [0.3, 0.4) is 0 Å². The van der Waals surface area contributed by atoms with Gasteiger partial charge in [0, 0.05) is 56.3 Å². The highest BCUT2D eigenvalue weighted by atomic mass is 16.2. The molecule has 0 spiro atoms. The molecule has 0 aromatic heterocycles. The van der Waals surface area contributed by atoms with Crippen molar-refractivity contribution in [2.45, 2.75) is 27.7 Å². The highest BCUT2D eigenvalue weighted by molar-refractivity contribution is 5.90. The second-order valence-corrected chi connectivity index (χ2v) is 7.36. The first-order valence-corrected chi connectivity index (χ1v) is 10.3. The second kappa shape index (κ2) is 9.00. The maximum atomic E-state index is 12.6. The second-order valence-electron chi connectivity index (χ2n) is 7.36. The third-order valence-corrected chi connectivity index (χ3v) is 5.60. The number of hydrogen-bond donors (Lipinski definition) is 1. The monoisotopic (exact) mass is 380 g/mol. The molecule has 2 amide bonds. The number of benzene rings is 2. The van der Waals surface area contributed by atoms with Crippen LogP contribution >= 0.6 is 0 Å². The fraction of sp³-hybridized carbons (Fsp3) is 0.435. The summed E-state index contributed by atoms with van der Waals surface area (Å²) in [5.41, 5.74) is 5.82. The van der Waals surface area contributed by atoms with Gasteiger partial charge in [0.15, 0.2) is 0 Å². The average molecular weight is 381 g/mol. The zero-order valence-corrected chi connectivity index (χ0v) is 17.5. The number of para-hydroxylation sites is 1. The lowest BCUT2D eigenvalue weighted by Gasteiger charge is -2.37. The Hall–Kier alpha value is -2.69. The van der Waals surface area contributed by atoms with E-state index in [9.17, 15) is 4.79 Å². The number of amides is 2. The molecule has 0 radical (unpaired) electrons. The molecule has 1 saturated heterocycles. The lowest BCUT2D eigenvalue weighted by molar-refractivity contribution is 0.208. The van der Waals surface area contributed by atoms with E-state index in [-0.39, 0.29) is 6.03 Å². The molecule has 1 fully saturated rings. The maximum absolute atomic E-state index is 12.6. The molecule has 1 aliphatic rings. The van der Waals surface area contributed by atoms with Crippen molar-refractivity contribution in [3.05, 3.63) is 53.6 Å². The summed E-state index contributed by atoms with van der Waals surface area (Å²) < 4.78 is 0. The quantitative estimate of drug-likeness (QED) is 0.830. The maximum Gasteiger partial charge on any atom is 0.321 e. The number of rotatable bonds is 5. The molecule has 28 heavy (non-hydrogen) atoms. The normalized spacial score (nSPS) is 14.1. The molecule has 0 aliphatic carbocycles. The van der Waals surface area contributed by atoms with Crippen LogP contribution in [0.4, 0.5) is 21.9 Å². The number of nitrogens with zero attached hydrogens (tertiary/aromatic N) is 3. The van der Waals surface area contributed by atoms with E-state index in [1.54, 1.807) is 0 Å². The van der Waals surface area contributed by atoms with Crippen LogP contribution in [0.25, 0.3) is 0 Å². The summed E-state index contributed by atoms with van der Waals surface area (Å²) in [5.74, 6) is 0.